The highest BCUT2D eigenvalue weighted by Crippen LogP contribution is 2.20. The molecule has 8 heteroatoms. The van der Waals surface area contributed by atoms with E-state index in [1.807, 2.05) is 0 Å². The summed E-state index contributed by atoms with van der Waals surface area (Å²) < 4.78 is 44.9. The third-order valence-electron chi connectivity index (χ3n) is 3.35. The molecule has 0 unspecified atom stereocenters. The van der Waals surface area contributed by atoms with Crippen LogP contribution in [0.4, 0.5) is 18.9 Å². The molecule has 0 saturated carbocycles. The average Bonchev–Trinajstić information content (AvgIpc) is 3.05. The molecular formula is C17H12F3N3O2. The van der Waals surface area contributed by atoms with Crippen molar-refractivity contribution in [1.82, 2.24) is 10.1 Å². The van der Waals surface area contributed by atoms with Crippen molar-refractivity contribution in [1.29, 1.82) is 0 Å². The lowest BCUT2D eigenvalue weighted by Gasteiger charge is -2.05. The molecule has 0 spiro atoms. The summed E-state index contributed by atoms with van der Waals surface area (Å²) in [7, 11) is 0. The molecule has 0 atom stereocenters. The first-order valence-corrected chi connectivity index (χ1v) is 7.35. The molecule has 2 aromatic carbocycles. The van der Waals surface area contributed by atoms with Crippen LogP contribution in [-0.4, -0.2) is 16.0 Å². The van der Waals surface area contributed by atoms with Crippen molar-refractivity contribution in [2.24, 2.45) is 0 Å². The minimum atomic E-state index is -0.868. The summed E-state index contributed by atoms with van der Waals surface area (Å²) in [6.45, 7) is 0. The first kappa shape index (κ1) is 16.7. The largest absolute Gasteiger partial charge is 0.339 e. The Morgan fingerprint density at radius 3 is 2.64 bits per heavy atom. The van der Waals surface area contributed by atoms with Gasteiger partial charge in [0.15, 0.2) is 0 Å². The van der Waals surface area contributed by atoms with Crippen molar-refractivity contribution < 1.29 is 22.5 Å². The molecule has 0 saturated heterocycles. The zero-order valence-corrected chi connectivity index (χ0v) is 12.8. The van der Waals surface area contributed by atoms with Crippen molar-refractivity contribution in [3.63, 3.8) is 0 Å². The molecule has 0 aliphatic carbocycles. The quantitative estimate of drug-likeness (QED) is 0.764. The standard InChI is InChI=1S/C17H12F3N3O2/c18-10-5-6-14(13(20)9-10)21-15(24)7-8-16-22-17(23-25-16)11-3-1-2-4-12(11)19/h1-6,9H,7-8H2,(H,21,24). The van der Waals surface area contributed by atoms with Crippen molar-refractivity contribution in [2.45, 2.75) is 12.8 Å². The van der Waals surface area contributed by atoms with Gasteiger partial charge in [-0.3, -0.25) is 4.79 Å². The summed E-state index contributed by atoms with van der Waals surface area (Å²) in [5, 5.41) is 6.00. The lowest BCUT2D eigenvalue weighted by Crippen LogP contribution is -2.13. The van der Waals surface area contributed by atoms with E-state index in [0.29, 0.717) is 6.07 Å². The highest BCUT2D eigenvalue weighted by atomic mass is 19.1. The summed E-state index contributed by atoms with van der Waals surface area (Å²) in [4.78, 5) is 15.9. The number of hydrogen-bond acceptors (Lipinski definition) is 4. The number of aromatic nitrogens is 2. The van der Waals surface area contributed by atoms with Crippen LogP contribution in [0.5, 0.6) is 0 Å². The Bertz CT molecular complexity index is 912. The predicted molar refractivity (Wildman–Crippen MR) is 83.0 cm³/mol. The van der Waals surface area contributed by atoms with Crippen LogP contribution in [0.3, 0.4) is 0 Å². The Morgan fingerprint density at radius 2 is 1.88 bits per heavy atom. The number of carbonyl (C=O) groups is 1. The van der Waals surface area contributed by atoms with Gasteiger partial charge in [-0.1, -0.05) is 17.3 Å². The third-order valence-corrected chi connectivity index (χ3v) is 3.35. The molecule has 1 amide bonds. The number of rotatable bonds is 5. The Kier molecular flexibility index (Phi) is 4.78. The van der Waals surface area contributed by atoms with Gasteiger partial charge >= 0.3 is 0 Å². The fourth-order valence-corrected chi connectivity index (χ4v) is 2.13. The molecule has 3 aromatic rings. The number of nitrogens with one attached hydrogen (secondary N) is 1. The monoisotopic (exact) mass is 347 g/mol. The van der Waals surface area contributed by atoms with Crippen LogP contribution in [-0.2, 0) is 11.2 Å². The fraction of sp³-hybridized carbons (Fsp3) is 0.118. The Morgan fingerprint density at radius 1 is 1.08 bits per heavy atom. The molecule has 1 heterocycles. The Hall–Kier alpha value is -3.16. The van der Waals surface area contributed by atoms with Gasteiger partial charge in [0.25, 0.3) is 0 Å². The minimum Gasteiger partial charge on any atom is -0.339 e. The van der Waals surface area contributed by atoms with Crippen LogP contribution in [0.2, 0.25) is 0 Å². The summed E-state index contributed by atoms with van der Waals surface area (Å²) in [6, 6.07) is 8.80. The van der Waals surface area contributed by atoms with Crippen LogP contribution in [0.15, 0.2) is 47.0 Å². The van der Waals surface area contributed by atoms with Crippen LogP contribution in [0.1, 0.15) is 12.3 Å². The van der Waals surface area contributed by atoms with Gasteiger partial charge in [-0.2, -0.15) is 4.98 Å². The van der Waals surface area contributed by atoms with Crippen molar-refractivity contribution in [2.75, 3.05) is 5.32 Å². The number of aryl methyl sites for hydroxylation is 1. The number of anilines is 1. The van der Waals surface area contributed by atoms with E-state index < -0.39 is 23.4 Å². The smallest absolute Gasteiger partial charge is 0.227 e. The second-order valence-corrected chi connectivity index (χ2v) is 5.16. The predicted octanol–water partition coefficient (Wildman–Crippen LogP) is 3.73. The molecule has 0 aliphatic rings. The first-order valence-electron chi connectivity index (χ1n) is 7.35. The van der Waals surface area contributed by atoms with Crippen LogP contribution in [0.25, 0.3) is 11.4 Å². The molecule has 1 aromatic heterocycles. The minimum absolute atomic E-state index is 0.0598. The Labute approximate surface area is 140 Å². The second kappa shape index (κ2) is 7.16. The molecule has 0 aliphatic heterocycles. The van der Waals surface area contributed by atoms with Gasteiger partial charge in [0, 0.05) is 18.9 Å². The zero-order chi connectivity index (χ0) is 17.8. The molecule has 0 radical (unpaired) electrons. The van der Waals surface area contributed by atoms with E-state index in [0.717, 1.165) is 12.1 Å². The van der Waals surface area contributed by atoms with Gasteiger partial charge in [0.2, 0.25) is 17.6 Å². The lowest BCUT2D eigenvalue weighted by atomic mass is 10.2. The summed E-state index contributed by atoms with van der Waals surface area (Å²) in [5.41, 5.74) is 0.0688. The number of hydrogen-bond donors (Lipinski definition) is 1. The second-order valence-electron chi connectivity index (χ2n) is 5.16. The van der Waals surface area contributed by atoms with Crippen molar-refractivity contribution in [3.05, 3.63) is 65.8 Å². The van der Waals surface area contributed by atoms with E-state index in [-0.39, 0.29) is 35.8 Å². The van der Waals surface area contributed by atoms with Gasteiger partial charge in [0.1, 0.15) is 17.5 Å². The number of amides is 1. The summed E-state index contributed by atoms with van der Waals surface area (Å²) >= 11 is 0. The van der Waals surface area contributed by atoms with Crippen molar-refractivity contribution >= 4 is 11.6 Å². The van der Waals surface area contributed by atoms with Gasteiger partial charge < -0.3 is 9.84 Å². The molecular weight excluding hydrogens is 335 g/mol. The topological polar surface area (TPSA) is 68.0 Å². The van der Waals surface area contributed by atoms with E-state index >= 15 is 0 Å². The molecule has 128 valence electrons. The van der Waals surface area contributed by atoms with Gasteiger partial charge in [-0.25, -0.2) is 13.2 Å². The Balaban J connectivity index is 1.60. The SMILES string of the molecule is O=C(CCc1nc(-c2ccccc2F)no1)Nc1ccc(F)cc1F. The van der Waals surface area contributed by atoms with E-state index in [2.05, 4.69) is 15.5 Å². The van der Waals surface area contributed by atoms with Crippen LogP contribution >= 0.6 is 0 Å². The molecule has 3 rings (SSSR count). The van der Waals surface area contributed by atoms with Crippen LogP contribution < -0.4 is 5.32 Å². The maximum Gasteiger partial charge on any atom is 0.227 e. The third kappa shape index (κ3) is 4.03. The highest BCUT2D eigenvalue weighted by molar-refractivity contribution is 5.90. The van der Waals surface area contributed by atoms with Crippen LogP contribution in [0, 0.1) is 17.5 Å². The fourth-order valence-electron chi connectivity index (χ4n) is 2.13. The maximum absolute atomic E-state index is 13.7. The summed E-state index contributed by atoms with van der Waals surface area (Å²) in [6.07, 6.45) is 0.0336. The van der Waals surface area contributed by atoms with E-state index in [1.54, 1.807) is 12.1 Å². The van der Waals surface area contributed by atoms with E-state index in [9.17, 15) is 18.0 Å². The lowest BCUT2D eigenvalue weighted by molar-refractivity contribution is -0.116. The number of nitrogens with zero attached hydrogens (tertiary/aromatic N) is 2. The zero-order valence-electron chi connectivity index (χ0n) is 12.8. The van der Waals surface area contributed by atoms with E-state index in [4.69, 9.17) is 4.52 Å². The summed E-state index contributed by atoms with van der Waals surface area (Å²) in [5.74, 6) is -2.36. The molecule has 25 heavy (non-hydrogen) atoms. The normalized spacial score (nSPS) is 10.7. The number of carbonyl (C=O) groups excluding carboxylic acids is 1. The van der Waals surface area contributed by atoms with Crippen molar-refractivity contribution in [3.8, 4) is 11.4 Å². The van der Waals surface area contributed by atoms with E-state index in [1.165, 1.54) is 12.1 Å². The van der Waals surface area contributed by atoms with Gasteiger partial charge in [0.05, 0.1) is 11.3 Å². The molecule has 0 bridgehead atoms. The number of benzene rings is 2. The average molecular weight is 347 g/mol. The maximum atomic E-state index is 13.7. The molecule has 5 nitrogen and oxygen atoms in total. The molecule has 1 N–H and O–H groups in total. The number of halogens is 3. The highest BCUT2D eigenvalue weighted by Gasteiger charge is 2.14. The van der Waals surface area contributed by atoms with Gasteiger partial charge in [-0.05, 0) is 24.3 Å². The molecule has 0 fully saturated rings. The van der Waals surface area contributed by atoms with Gasteiger partial charge in [-0.15, -0.1) is 0 Å². The first-order chi connectivity index (χ1) is 12.0.